The molecule has 3 heterocycles. The molecular formula is C17H16N4O3. The second kappa shape index (κ2) is 5.65. The van der Waals surface area contributed by atoms with E-state index >= 15 is 0 Å². The van der Waals surface area contributed by atoms with Crippen LogP contribution >= 0.6 is 0 Å². The van der Waals surface area contributed by atoms with E-state index in [4.69, 9.17) is 9.68 Å². The quantitative estimate of drug-likeness (QED) is 0.634. The van der Waals surface area contributed by atoms with Crippen LogP contribution in [0.4, 0.5) is 11.6 Å². The lowest BCUT2D eigenvalue weighted by molar-refractivity contribution is -0.402. The lowest BCUT2D eigenvalue weighted by Crippen LogP contribution is -2.45. The van der Waals surface area contributed by atoms with E-state index in [1.54, 1.807) is 6.07 Å². The van der Waals surface area contributed by atoms with Crippen LogP contribution in [0.1, 0.15) is 17.7 Å². The van der Waals surface area contributed by atoms with Gasteiger partial charge in [-0.3, -0.25) is 15.0 Å². The molecule has 122 valence electrons. The van der Waals surface area contributed by atoms with Crippen molar-refractivity contribution in [1.29, 1.82) is 5.26 Å². The van der Waals surface area contributed by atoms with Crippen LogP contribution in [-0.4, -0.2) is 35.0 Å². The van der Waals surface area contributed by atoms with Crippen LogP contribution in [0.5, 0.6) is 0 Å². The Morgan fingerprint density at radius 1 is 1.21 bits per heavy atom. The van der Waals surface area contributed by atoms with Crippen LogP contribution in [0.2, 0.25) is 0 Å². The third-order valence-electron chi connectivity index (χ3n) is 4.87. The Morgan fingerprint density at radius 3 is 2.58 bits per heavy atom. The standard InChI is InChI=1S/C17H16N4O3/c18-8-12-1-3-13(4-2-12)20-10-14-7-15(20)9-19(14)11-16-5-6-17(24-16)21(22)23/h1-6,14-15H,7,9-11H2. The lowest BCUT2D eigenvalue weighted by Gasteiger charge is -2.35. The van der Waals surface area contributed by atoms with E-state index in [2.05, 4.69) is 15.9 Å². The maximum absolute atomic E-state index is 10.7. The van der Waals surface area contributed by atoms with Gasteiger partial charge in [0.2, 0.25) is 0 Å². The summed E-state index contributed by atoms with van der Waals surface area (Å²) in [5.41, 5.74) is 1.82. The number of anilines is 1. The first-order valence-corrected chi connectivity index (χ1v) is 7.88. The molecule has 2 saturated heterocycles. The minimum atomic E-state index is -0.508. The van der Waals surface area contributed by atoms with Crippen molar-refractivity contribution in [3.63, 3.8) is 0 Å². The first-order valence-electron chi connectivity index (χ1n) is 7.88. The summed E-state index contributed by atoms with van der Waals surface area (Å²) < 4.78 is 5.27. The highest BCUT2D eigenvalue weighted by Gasteiger charge is 2.43. The third-order valence-corrected chi connectivity index (χ3v) is 4.87. The fourth-order valence-electron chi connectivity index (χ4n) is 3.74. The topological polar surface area (TPSA) is 86.5 Å². The fraction of sp³-hybridized carbons (Fsp3) is 0.353. The Balaban J connectivity index is 1.42. The molecule has 2 aliphatic rings. The molecule has 0 saturated carbocycles. The highest BCUT2D eigenvalue weighted by Crippen LogP contribution is 2.35. The Kier molecular flexibility index (Phi) is 3.47. The van der Waals surface area contributed by atoms with Crippen molar-refractivity contribution in [2.75, 3.05) is 18.0 Å². The summed E-state index contributed by atoms with van der Waals surface area (Å²) in [4.78, 5) is 14.9. The molecule has 2 fully saturated rings. The van der Waals surface area contributed by atoms with Gasteiger partial charge in [-0.15, -0.1) is 0 Å². The Morgan fingerprint density at radius 2 is 2.00 bits per heavy atom. The van der Waals surface area contributed by atoms with Crippen molar-refractivity contribution in [3.05, 3.63) is 57.8 Å². The smallest absolute Gasteiger partial charge is 0.404 e. The zero-order chi connectivity index (χ0) is 16.7. The van der Waals surface area contributed by atoms with Crippen molar-refractivity contribution < 1.29 is 9.34 Å². The van der Waals surface area contributed by atoms with Crippen molar-refractivity contribution in [2.24, 2.45) is 0 Å². The maximum Gasteiger partial charge on any atom is 0.433 e. The minimum Gasteiger partial charge on any atom is -0.404 e. The van der Waals surface area contributed by atoms with Gasteiger partial charge >= 0.3 is 5.88 Å². The molecule has 2 aliphatic heterocycles. The van der Waals surface area contributed by atoms with Crippen LogP contribution < -0.4 is 4.90 Å². The molecule has 2 unspecified atom stereocenters. The number of benzene rings is 1. The predicted molar refractivity (Wildman–Crippen MR) is 86.5 cm³/mol. The van der Waals surface area contributed by atoms with Gasteiger partial charge in [-0.1, -0.05) is 0 Å². The molecular weight excluding hydrogens is 308 g/mol. The minimum absolute atomic E-state index is 0.200. The summed E-state index contributed by atoms with van der Waals surface area (Å²) in [6.45, 7) is 2.45. The molecule has 7 nitrogen and oxygen atoms in total. The summed E-state index contributed by atoms with van der Waals surface area (Å²) in [5, 5.41) is 19.6. The average Bonchev–Trinajstić information content (AvgIpc) is 3.30. The van der Waals surface area contributed by atoms with Gasteiger partial charge in [0.25, 0.3) is 0 Å². The van der Waals surface area contributed by atoms with E-state index in [0.29, 0.717) is 30.0 Å². The molecule has 24 heavy (non-hydrogen) atoms. The van der Waals surface area contributed by atoms with Gasteiger partial charge in [0.05, 0.1) is 24.2 Å². The van der Waals surface area contributed by atoms with E-state index in [-0.39, 0.29) is 5.88 Å². The van der Waals surface area contributed by atoms with Crippen LogP contribution in [0.3, 0.4) is 0 Å². The number of hydrogen-bond donors (Lipinski definition) is 0. The highest BCUT2D eigenvalue weighted by atomic mass is 16.6. The Hall–Kier alpha value is -2.85. The van der Waals surface area contributed by atoms with Gasteiger partial charge in [-0.2, -0.15) is 5.26 Å². The summed E-state index contributed by atoms with van der Waals surface area (Å²) >= 11 is 0. The van der Waals surface area contributed by atoms with E-state index < -0.39 is 4.92 Å². The lowest BCUT2D eigenvalue weighted by atomic mass is 10.2. The average molecular weight is 324 g/mol. The van der Waals surface area contributed by atoms with Crippen molar-refractivity contribution >= 4 is 11.6 Å². The van der Waals surface area contributed by atoms with E-state index in [1.807, 2.05) is 24.3 Å². The van der Waals surface area contributed by atoms with Gasteiger partial charge in [-0.05, 0) is 36.8 Å². The zero-order valence-electron chi connectivity index (χ0n) is 13.0. The molecule has 1 aromatic heterocycles. The van der Waals surface area contributed by atoms with Crippen LogP contribution in [-0.2, 0) is 6.54 Å². The first kappa shape index (κ1) is 14.7. The normalized spacial score (nSPS) is 22.7. The molecule has 0 radical (unpaired) electrons. The molecule has 4 rings (SSSR count). The monoisotopic (exact) mass is 324 g/mol. The number of fused-ring (bicyclic) bond motifs is 2. The third kappa shape index (κ3) is 2.51. The molecule has 7 heteroatoms. The molecule has 1 aromatic carbocycles. The van der Waals surface area contributed by atoms with Crippen LogP contribution in [0.15, 0.2) is 40.8 Å². The number of piperazine rings is 1. The van der Waals surface area contributed by atoms with Crippen molar-refractivity contribution in [3.8, 4) is 6.07 Å². The van der Waals surface area contributed by atoms with Crippen LogP contribution in [0.25, 0.3) is 0 Å². The second-order valence-electron chi connectivity index (χ2n) is 6.28. The number of nitro groups is 1. The van der Waals surface area contributed by atoms with E-state index in [1.165, 1.54) is 6.07 Å². The number of nitriles is 1. The van der Waals surface area contributed by atoms with Gasteiger partial charge < -0.3 is 9.32 Å². The molecule has 0 amide bonds. The van der Waals surface area contributed by atoms with Gasteiger partial charge in [-0.25, -0.2) is 0 Å². The van der Waals surface area contributed by atoms with Gasteiger partial charge in [0.1, 0.15) is 10.7 Å². The maximum atomic E-state index is 10.7. The van der Waals surface area contributed by atoms with E-state index in [0.717, 1.165) is 25.2 Å². The van der Waals surface area contributed by atoms with Crippen LogP contribution in [0, 0.1) is 21.4 Å². The number of nitrogens with zero attached hydrogens (tertiary/aromatic N) is 4. The fourth-order valence-corrected chi connectivity index (χ4v) is 3.74. The SMILES string of the molecule is N#Cc1ccc(N2CC3CC2CN3Cc2ccc([N+](=O)[O-])o2)cc1. The summed E-state index contributed by atoms with van der Waals surface area (Å²) in [6.07, 6.45) is 1.09. The summed E-state index contributed by atoms with van der Waals surface area (Å²) in [7, 11) is 0. The molecule has 0 aliphatic carbocycles. The van der Waals surface area contributed by atoms with Gasteiger partial charge in [0.15, 0.2) is 0 Å². The highest BCUT2D eigenvalue weighted by molar-refractivity contribution is 5.52. The second-order valence-corrected chi connectivity index (χ2v) is 6.28. The molecule has 0 N–H and O–H groups in total. The molecule has 2 aromatic rings. The summed E-state index contributed by atoms with van der Waals surface area (Å²) in [6, 6.07) is 13.8. The Labute approximate surface area is 138 Å². The number of hydrogen-bond acceptors (Lipinski definition) is 6. The van der Waals surface area contributed by atoms with Crippen molar-refractivity contribution in [2.45, 2.75) is 25.0 Å². The van der Waals surface area contributed by atoms with Crippen molar-refractivity contribution in [1.82, 2.24) is 4.90 Å². The largest absolute Gasteiger partial charge is 0.433 e. The number of rotatable bonds is 4. The summed E-state index contributed by atoms with van der Waals surface area (Å²) in [5.74, 6) is 0.438. The Bertz CT molecular complexity index is 808. The molecule has 0 spiro atoms. The first-order chi connectivity index (χ1) is 11.6. The molecule has 2 atom stereocenters. The van der Waals surface area contributed by atoms with Gasteiger partial charge in [0, 0.05) is 30.9 Å². The number of likely N-dealkylation sites (tertiary alicyclic amines) is 1. The van der Waals surface area contributed by atoms with E-state index in [9.17, 15) is 10.1 Å². The molecule has 2 bridgehead atoms. The number of furan rings is 1. The zero-order valence-corrected chi connectivity index (χ0v) is 13.0. The predicted octanol–water partition coefficient (Wildman–Crippen LogP) is 2.52.